The van der Waals surface area contributed by atoms with Gasteiger partial charge < -0.3 is 24.2 Å². The van der Waals surface area contributed by atoms with Gasteiger partial charge in [-0.3, -0.25) is 14.5 Å². The normalized spacial score (nSPS) is 21.7. The van der Waals surface area contributed by atoms with E-state index < -0.39 is 17.9 Å². The lowest BCUT2D eigenvalue weighted by atomic mass is 9.83. The molecule has 0 radical (unpaired) electrons. The van der Waals surface area contributed by atoms with Crippen LogP contribution in [-0.2, 0) is 9.59 Å². The number of carboxylic acids is 1. The van der Waals surface area contributed by atoms with Crippen molar-refractivity contribution in [3.63, 3.8) is 0 Å². The van der Waals surface area contributed by atoms with E-state index in [1.807, 2.05) is 48.2 Å². The van der Waals surface area contributed by atoms with Gasteiger partial charge in [0.1, 0.15) is 5.75 Å². The molecule has 8 nitrogen and oxygen atoms in total. The number of aliphatic carboxylic acids is 1. The molecular weight excluding hydrogens is 424 g/mol. The number of carboxylic acid groups (broad SMARTS) is 1. The largest absolute Gasteiger partial charge is 0.497 e. The molecule has 1 saturated heterocycles. The van der Waals surface area contributed by atoms with Crippen molar-refractivity contribution in [3.8, 4) is 17.2 Å². The number of amides is 1. The van der Waals surface area contributed by atoms with Crippen LogP contribution in [0.15, 0.2) is 42.5 Å². The number of hydrogen-bond donors (Lipinski definition) is 1. The number of fused-ring (bicyclic) bond motifs is 1. The fourth-order valence-corrected chi connectivity index (χ4v) is 4.83. The monoisotopic (exact) mass is 454 g/mol. The number of carbonyl (C=O) groups excluding carboxylic acids is 1. The van der Waals surface area contributed by atoms with E-state index in [0.717, 1.165) is 17.5 Å². The average molecular weight is 455 g/mol. The number of likely N-dealkylation sites (N-methyl/N-ethyl adjacent to an activating group) is 1. The predicted molar refractivity (Wildman–Crippen MR) is 122 cm³/mol. The third-order valence-electron chi connectivity index (χ3n) is 6.49. The first-order chi connectivity index (χ1) is 15.9. The standard InChI is InChI=1S/C25H30N2O6/c1-4-11-26(2)22(28)14-27-13-19(16-5-8-18(31-3)9-6-16)23(25(29)30)24(27)17-7-10-20-21(12-17)33-15-32-20/h5-10,12,19,23-24H,4,11,13-15H2,1-3H3,(H,29,30). The Kier molecular flexibility index (Phi) is 6.74. The molecule has 4 rings (SSSR count). The summed E-state index contributed by atoms with van der Waals surface area (Å²) in [6.07, 6.45) is 0.861. The lowest BCUT2D eigenvalue weighted by Crippen LogP contribution is -2.39. The van der Waals surface area contributed by atoms with Crippen molar-refractivity contribution in [1.29, 1.82) is 0 Å². The number of nitrogens with zero attached hydrogens (tertiary/aromatic N) is 2. The van der Waals surface area contributed by atoms with Crippen LogP contribution in [0.4, 0.5) is 0 Å². The molecule has 0 saturated carbocycles. The van der Waals surface area contributed by atoms with Crippen LogP contribution < -0.4 is 14.2 Å². The molecule has 1 N–H and O–H groups in total. The highest BCUT2D eigenvalue weighted by atomic mass is 16.7. The zero-order valence-electron chi connectivity index (χ0n) is 19.2. The van der Waals surface area contributed by atoms with Gasteiger partial charge in [0.05, 0.1) is 19.6 Å². The molecule has 1 fully saturated rings. The van der Waals surface area contributed by atoms with Crippen molar-refractivity contribution in [2.24, 2.45) is 5.92 Å². The van der Waals surface area contributed by atoms with Crippen molar-refractivity contribution >= 4 is 11.9 Å². The maximum Gasteiger partial charge on any atom is 0.309 e. The molecule has 0 aromatic heterocycles. The van der Waals surface area contributed by atoms with Gasteiger partial charge in [0.2, 0.25) is 12.7 Å². The Bertz CT molecular complexity index is 1010. The molecule has 2 heterocycles. The Labute approximate surface area is 193 Å². The van der Waals surface area contributed by atoms with Crippen LogP contribution >= 0.6 is 0 Å². The maximum atomic E-state index is 12.9. The number of ether oxygens (including phenoxy) is 3. The van der Waals surface area contributed by atoms with Crippen LogP contribution in [-0.4, -0.2) is 67.4 Å². The van der Waals surface area contributed by atoms with Crippen LogP contribution in [0.1, 0.15) is 36.4 Å². The summed E-state index contributed by atoms with van der Waals surface area (Å²) in [5.74, 6) is 0.0114. The number of likely N-dealkylation sites (tertiary alicyclic amines) is 1. The molecular formula is C25H30N2O6. The highest BCUT2D eigenvalue weighted by molar-refractivity contribution is 5.79. The van der Waals surface area contributed by atoms with E-state index in [1.165, 1.54) is 0 Å². The van der Waals surface area contributed by atoms with Crippen LogP contribution in [0, 0.1) is 5.92 Å². The van der Waals surface area contributed by atoms with E-state index in [-0.39, 0.29) is 25.2 Å². The van der Waals surface area contributed by atoms with Crippen LogP contribution in [0.2, 0.25) is 0 Å². The third-order valence-corrected chi connectivity index (χ3v) is 6.49. The summed E-state index contributed by atoms with van der Waals surface area (Å²) in [5.41, 5.74) is 1.71. The number of hydrogen-bond acceptors (Lipinski definition) is 6. The Morgan fingerprint density at radius 3 is 2.48 bits per heavy atom. The van der Waals surface area contributed by atoms with Gasteiger partial charge in [-0.25, -0.2) is 0 Å². The molecule has 3 atom stereocenters. The molecule has 2 aromatic carbocycles. The van der Waals surface area contributed by atoms with Gasteiger partial charge in [0, 0.05) is 32.1 Å². The summed E-state index contributed by atoms with van der Waals surface area (Å²) < 4.78 is 16.2. The van der Waals surface area contributed by atoms with E-state index in [1.54, 1.807) is 25.1 Å². The first-order valence-corrected chi connectivity index (χ1v) is 11.2. The second-order valence-electron chi connectivity index (χ2n) is 8.55. The molecule has 0 spiro atoms. The van der Waals surface area contributed by atoms with Crippen molar-refractivity contribution < 1.29 is 28.9 Å². The van der Waals surface area contributed by atoms with Crippen molar-refractivity contribution in [2.45, 2.75) is 25.3 Å². The summed E-state index contributed by atoms with van der Waals surface area (Å²) >= 11 is 0. The number of benzene rings is 2. The van der Waals surface area contributed by atoms with E-state index in [0.29, 0.717) is 30.3 Å². The van der Waals surface area contributed by atoms with Gasteiger partial charge in [-0.1, -0.05) is 25.1 Å². The van der Waals surface area contributed by atoms with E-state index in [4.69, 9.17) is 14.2 Å². The fourth-order valence-electron chi connectivity index (χ4n) is 4.83. The first-order valence-electron chi connectivity index (χ1n) is 11.2. The smallest absolute Gasteiger partial charge is 0.309 e. The van der Waals surface area contributed by atoms with Crippen LogP contribution in [0.25, 0.3) is 0 Å². The zero-order valence-corrected chi connectivity index (χ0v) is 19.2. The Morgan fingerprint density at radius 2 is 1.82 bits per heavy atom. The van der Waals surface area contributed by atoms with Gasteiger partial charge in [-0.05, 0) is 41.8 Å². The molecule has 176 valence electrons. The van der Waals surface area contributed by atoms with Crippen molar-refractivity contribution in [3.05, 3.63) is 53.6 Å². The molecule has 2 aliphatic heterocycles. The highest BCUT2D eigenvalue weighted by Crippen LogP contribution is 2.47. The minimum absolute atomic E-state index is 0.0258. The molecule has 0 bridgehead atoms. The molecule has 33 heavy (non-hydrogen) atoms. The molecule has 8 heteroatoms. The topological polar surface area (TPSA) is 88.5 Å². The fraction of sp³-hybridized carbons (Fsp3) is 0.440. The van der Waals surface area contributed by atoms with E-state index in [9.17, 15) is 14.7 Å². The maximum absolute atomic E-state index is 12.9. The van der Waals surface area contributed by atoms with Gasteiger partial charge in [-0.2, -0.15) is 0 Å². The number of carbonyl (C=O) groups is 2. The summed E-state index contributed by atoms with van der Waals surface area (Å²) in [5, 5.41) is 10.3. The SMILES string of the molecule is CCCN(C)C(=O)CN1CC(c2ccc(OC)cc2)C(C(=O)O)C1c1ccc2c(c1)OCO2. The predicted octanol–water partition coefficient (Wildman–Crippen LogP) is 3.13. The van der Waals surface area contributed by atoms with Gasteiger partial charge in [-0.15, -0.1) is 0 Å². The van der Waals surface area contributed by atoms with Gasteiger partial charge >= 0.3 is 5.97 Å². The lowest BCUT2D eigenvalue weighted by Gasteiger charge is -2.28. The van der Waals surface area contributed by atoms with Crippen molar-refractivity contribution in [2.75, 3.05) is 40.6 Å². The summed E-state index contributed by atoms with van der Waals surface area (Å²) in [4.78, 5) is 29.2. The summed E-state index contributed by atoms with van der Waals surface area (Å²) in [7, 11) is 3.38. The number of methoxy groups -OCH3 is 1. The molecule has 0 aliphatic carbocycles. The molecule has 2 aromatic rings. The average Bonchev–Trinajstić information content (AvgIpc) is 3.43. The van der Waals surface area contributed by atoms with Crippen molar-refractivity contribution in [1.82, 2.24) is 9.80 Å². The second kappa shape index (κ2) is 9.70. The van der Waals surface area contributed by atoms with Crippen LogP contribution in [0.3, 0.4) is 0 Å². The Hall–Kier alpha value is -3.26. The molecule has 1 amide bonds. The first kappa shape index (κ1) is 22.9. The highest BCUT2D eigenvalue weighted by Gasteiger charge is 2.48. The summed E-state index contributed by atoms with van der Waals surface area (Å²) in [6.45, 7) is 3.42. The van der Waals surface area contributed by atoms with Gasteiger partial charge in [0.15, 0.2) is 11.5 Å². The minimum Gasteiger partial charge on any atom is -0.497 e. The number of rotatable bonds is 8. The van der Waals surface area contributed by atoms with E-state index >= 15 is 0 Å². The minimum atomic E-state index is -0.893. The Morgan fingerprint density at radius 1 is 1.12 bits per heavy atom. The third kappa shape index (κ3) is 4.61. The Balaban J connectivity index is 1.71. The zero-order chi connectivity index (χ0) is 23.5. The second-order valence-corrected chi connectivity index (χ2v) is 8.55. The quantitative estimate of drug-likeness (QED) is 0.656. The molecule has 3 unspecified atom stereocenters. The van der Waals surface area contributed by atoms with Gasteiger partial charge in [0.25, 0.3) is 0 Å². The van der Waals surface area contributed by atoms with Crippen LogP contribution in [0.5, 0.6) is 17.2 Å². The molecule has 2 aliphatic rings. The van der Waals surface area contributed by atoms with E-state index in [2.05, 4.69) is 0 Å². The summed E-state index contributed by atoms with van der Waals surface area (Å²) in [6, 6.07) is 12.5. The lowest BCUT2D eigenvalue weighted by molar-refractivity contribution is -0.143.